The Bertz CT molecular complexity index is 1110. The molecule has 2 bridgehead atoms. The summed E-state index contributed by atoms with van der Waals surface area (Å²) in [5.74, 6) is -1.99. The van der Waals surface area contributed by atoms with Gasteiger partial charge < -0.3 is 19.6 Å². The third kappa shape index (κ3) is 6.00. The second kappa shape index (κ2) is 13.6. The Morgan fingerprint density at radius 2 is 1.95 bits per heavy atom. The number of likely N-dealkylation sites (tertiary alicyclic amines) is 1. The number of fused-ring (bicyclic) bond motifs is 1. The van der Waals surface area contributed by atoms with Crippen LogP contribution in [0.1, 0.15) is 64.4 Å². The number of hydrogen-bond acceptors (Lipinski definition) is 6. The summed E-state index contributed by atoms with van der Waals surface area (Å²) in [5.41, 5.74) is 0.980. The van der Waals surface area contributed by atoms with E-state index in [0.29, 0.717) is 32.4 Å². The van der Waals surface area contributed by atoms with Gasteiger partial charge >= 0.3 is 5.97 Å². The van der Waals surface area contributed by atoms with E-state index in [1.807, 2.05) is 35.2 Å². The number of hydrogen-bond donors (Lipinski definition) is 1. The quantitative estimate of drug-likeness (QED) is 0.171. The molecule has 6 atom stereocenters. The molecule has 0 saturated carbocycles. The number of ether oxygens (including phenoxy) is 1. The van der Waals surface area contributed by atoms with Crippen molar-refractivity contribution >= 4 is 29.5 Å². The minimum absolute atomic E-state index is 0.111. The fourth-order valence-electron chi connectivity index (χ4n) is 7.19. The second-order valence-corrected chi connectivity index (χ2v) is 13.8. The summed E-state index contributed by atoms with van der Waals surface area (Å²) in [4.78, 5) is 46.2. The van der Waals surface area contributed by atoms with Gasteiger partial charge in [0.15, 0.2) is 0 Å². The van der Waals surface area contributed by atoms with E-state index in [1.165, 1.54) is 0 Å². The minimum atomic E-state index is -0.771. The van der Waals surface area contributed by atoms with Crippen molar-refractivity contribution in [1.29, 1.82) is 0 Å². The molecule has 1 spiro atoms. The minimum Gasteiger partial charge on any atom is -0.465 e. The molecule has 1 aromatic rings. The van der Waals surface area contributed by atoms with Crippen molar-refractivity contribution in [3.8, 4) is 0 Å². The largest absolute Gasteiger partial charge is 0.465 e. The van der Waals surface area contributed by atoms with Crippen molar-refractivity contribution in [2.75, 3.05) is 26.3 Å². The van der Waals surface area contributed by atoms with Crippen molar-refractivity contribution in [2.24, 2.45) is 11.8 Å². The second-order valence-electron chi connectivity index (χ2n) is 11.9. The van der Waals surface area contributed by atoms with Crippen molar-refractivity contribution in [1.82, 2.24) is 9.80 Å². The summed E-state index contributed by atoms with van der Waals surface area (Å²) in [5, 5.41) is 10.7. The third-order valence-electron chi connectivity index (χ3n) is 9.11. The molecule has 3 saturated heterocycles. The van der Waals surface area contributed by atoms with Crippen LogP contribution in [-0.4, -0.2) is 80.6 Å². The molecular weight excluding hydrogens is 536 g/mol. The number of aliphatic hydroxyl groups excluding tert-OH is 1. The Morgan fingerprint density at radius 1 is 1.20 bits per heavy atom. The smallest absolute Gasteiger partial charge is 0.311 e. The Morgan fingerprint density at radius 3 is 2.61 bits per heavy atom. The maximum absolute atomic E-state index is 14.6. The number of rotatable bonds is 16. The summed E-state index contributed by atoms with van der Waals surface area (Å²) in [7, 11) is 0. The fourth-order valence-corrected chi connectivity index (χ4v) is 9.52. The van der Waals surface area contributed by atoms with Crippen molar-refractivity contribution in [2.45, 2.75) is 86.8 Å². The van der Waals surface area contributed by atoms with Gasteiger partial charge in [-0.05, 0) is 51.0 Å². The molecule has 3 aliphatic heterocycles. The number of allylic oxidation sites excluding steroid dienone is 1. The molecule has 7 nitrogen and oxygen atoms in total. The van der Waals surface area contributed by atoms with E-state index >= 15 is 0 Å². The summed E-state index contributed by atoms with van der Waals surface area (Å²) in [6.07, 6.45) is 9.67. The number of esters is 1. The first-order chi connectivity index (χ1) is 19.8. The van der Waals surface area contributed by atoms with E-state index in [-0.39, 0.29) is 31.0 Å². The highest BCUT2D eigenvalue weighted by molar-refractivity contribution is 8.02. The van der Waals surface area contributed by atoms with Gasteiger partial charge in [-0.3, -0.25) is 14.4 Å². The van der Waals surface area contributed by atoms with Crippen LogP contribution < -0.4 is 0 Å². The first-order valence-corrected chi connectivity index (χ1v) is 15.9. The van der Waals surface area contributed by atoms with Crippen LogP contribution in [0.4, 0.5) is 0 Å². The standard InChI is InChI=1S/C33H46N2O5S/c1-5-8-13-20-34(19-7-3)30(38)28-33-18-17-32(4,41-33)27(31(39)40-21-14-9-6-2)26(33)29(37)35(28)25(23-36)22-24-15-11-10-12-16-24/h6-7,10-12,15-16,25-28,36H,2-3,5,8-9,13-14,17-23H2,1,4H3/t25-,26+,27+,28?,32-,33?/m1/s1. The summed E-state index contributed by atoms with van der Waals surface area (Å²) < 4.78 is 4.50. The van der Waals surface area contributed by atoms with E-state index in [4.69, 9.17) is 4.74 Å². The molecule has 0 aromatic heterocycles. The van der Waals surface area contributed by atoms with E-state index in [9.17, 15) is 19.5 Å². The zero-order valence-corrected chi connectivity index (χ0v) is 25.4. The molecule has 2 unspecified atom stereocenters. The van der Waals surface area contributed by atoms with Gasteiger partial charge in [-0.25, -0.2) is 0 Å². The zero-order chi connectivity index (χ0) is 29.6. The molecule has 41 heavy (non-hydrogen) atoms. The summed E-state index contributed by atoms with van der Waals surface area (Å²) in [6, 6.07) is 8.38. The van der Waals surface area contributed by atoms with Crippen LogP contribution in [-0.2, 0) is 25.5 Å². The number of aliphatic hydroxyl groups is 1. The molecule has 0 radical (unpaired) electrons. The van der Waals surface area contributed by atoms with Gasteiger partial charge in [-0.1, -0.05) is 62.2 Å². The third-order valence-corrected chi connectivity index (χ3v) is 11.1. The maximum Gasteiger partial charge on any atom is 0.311 e. The number of nitrogens with zero attached hydrogens (tertiary/aromatic N) is 2. The monoisotopic (exact) mass is 582 g/mol. The lowest BCUT2D eigenvalue weighted by Crippen LogP contribution is -2.58. The fraction of sp³-hybridized carbons (Fsp3) is 0.606. The molecule has 8 heteroatoms. The average Bonchev–Trinajstić information content (AvgIpc) is 3.54. The highest BCUT2D eigenvalue weighted by atomic mass is 32.2. The molecule has 1 aromatic carbocycles. The molecule has 3 fully saturated rings. The van der Waals surface area contributed by atoms with Gasteiger partial charge in [0.05, 0.1) is 35.8 Å². The lowest BCUT2D eigenvalue weighted by atomic mass is 9.66. The number of amides is 2. The average molecular weight is 583 g/mol. The molecule has 3 heterocycles. The van der Waals surface area contributed by atoms with Gasteiger partial charge in [-0.15, -0.1) is 24.9 Å². The first kappa shape index (κ1) is 31.4. The van der Waals surface area contributed by atoms with Crippen LogP contribution in [0.3, 0.4) is 0 Å². The predicted molar refractivity (Wildman–Crippen MR) is 163 cm³/mol. The van der Waals surface area contributed by atoms with Gasteiger partial charge in [0, 0.05) is 17.8 Å². The number of carbonyl (C=O) groups is 3. The normalized spacial score (nSPS) is 28.8. The van der Waals surface area contributed by atoms with Gasteiger partial charge in [0.25, 0.3) is 0 Å². The zero-order valence-electron chi connectivity index (χ0n) is 24.6. The van der Waals surface area contributed by atoms with E-state index in [2.05, 4.69) is 27.0 Å². The summed E-state index contributed by atoms with van der Waals surface area (Å²) >= 11 is 1.64. The lowest BCUT2D eigenvalue weighted by molar-refractivity contribution is -0.156. The topological polar surface area (TPSA) is 87.1 Å². The molecule has 3 aliphatic rings. The van der Waals surface area contributed by atoms with Gasteiger partial charge in [0.1, 0.15) is 6.04 Å². The van der Waals surface area contributed by atoms with Crippen molar-refractivity contribution in [3.63, 3.8) is 0 Å². The molecule has 4 rings (SSSR count). The Balaban J connectivity index is 1.73. The number of benzene rings is 1. The van der Waals surface area contributed by atoms with Gasteiger partial charge in [0.2, 0.25) is 11.8 Å². The van der Waals surface area contributed by atoms with Crippen molar-refractivity contribution < 1.29 is 24.2 Å². The Hall–Kier alpha value is -2.58. The summed E-state index contributed by atoms with van der Waals surface area (Å²) in [6.45, 7) is 12.8. The molecular formula is C33H46N2O5S. The molecule has 224 valence electrons. The van der Waals surface area contributed by atoms with E-state index in [0.717, 1.165) is 37.7 Å². The van der Waals surface area contributed by atoms with Crippen LogP contribution in [0.25, 0.3) is 0 Å². The number of carbonyl (C=O) groups excluding carboxylic acids is 3. The maximum atomic E-state index is 14.6. The van der Waals surface area contributed by atoms with Crippen LogP contribution in [0.2, 0.25) is 0 Å². The van der Waals surface area contributed by atoms with Crippen LogP contribution in [0, 0.1) is 11.8 Å². The van der Waals surface area contributed by atoms with E-state index in [1.54, 1.807) is 28.8 Å². The first-order valence-electron chi connectivity index (χ1n) is 15.1. The Kier molecular flexibility index (Phi) is 10.4. The van der Waals surface area contributed by atoms with Gasteiger partial charge in [-0.2, -0.15) is 0 Å². The Labute approximate surface area is 249 Å². The van der Waals surface area contributed by atoms with Crippen LogP contribution in [0.15, 0.2) is 55.6 Å². The molecule has 2 amide bonds. The van der Waals surface area contributed by atoms with Crippen LogP contribution >= 0.6 is 11.8 Å². The highest BCUT2D eigenvalue weighted by Crippen LogP contribution is 2.71. The molecule has 0 aliphatic carbocycles. The highest BCUT2D eigenvalue weighted by Gasteiger charge is 2.78. The SMILES string of the molecule is C=CCCCOC(=O)[C@@H]1[C@H]2C(=O)N([C@@H](CO)Cc3ccccc3)C(C(=O)N(CC=C)CCCCC)C23CC[C@@]1(C)S3. The van der Waals surface area contributed by atoms with Crippen molar-refractivity contribution in [3.05, 3.63) is 61.2 Å². The predicted octanol–water partition coefficient (Wildman–Crippen LogP) is 4.79. The van der Waals surface area contributed by atoms with E-state index < -0.39 is 33.4 Å². The van der Waals surface area contributed by atoms with Crippen LogP contribution in [0.5, 0.6) is 0 Å². The molecule has 1 N–H and O–H groups in total. The number of thioether (sulfide) groups is 1. The number of unbranched alkanes of at least 4 members (excludes halogenated alkanes) is 3. The lowest BCUT2D eigenvalue weighted by Gasteiger charge is -2.39.